The maximum absolute atomic E-state index is 12.2. The second-order valence-corrected chi connectivity index (χ2v) is 6.36. The van der Waals surface area contributed by atoms with E-state index in [2.05, 4.69) is 10.3 Å². The summed E-state index contributed by atoms with van der Waals surface area (Å²) in [6, 6.07) is 3.30. The Kier molecular flexibility index (Phi) is 3.99. The summed E-state index contributed by atoms with van der Waals surface area (Å²) in [5.74, 6) is -0.0538. The van der Waals surface area contributed by atoms with Crippen LogP contribution in [0.4, 0.5) is 5.82 Å². The molecule has 5 nitrogen and oxygen atoms in total. The maximum Gasteiger partial charge on any atom is 0.230 e. The number of likely N-dealkylation sites (tertiary alicyclic amines) is 1. The van der Waals surface area contributed by atoms with Gasteiger partial charge in [-0.05, 0) is 32.9 Å². The summed E-state index contributed by atoms with van der Waals surface area (Å²) in [5, 5.41) is 3.23. The van der Waals surface area contributed by atoms with Gasteiger partial charge < -0.3 is 10.2 Å². The Morgan fingerprint density at radius 2 is 2.15 bits per heavy atom. The van der Waals surface area contributed by atoms with E-state index in [1.165, 1.54) is 6.20 Å². The van der Waals surface area contributed by atoms with E-state index in [-0.39, 0.29) is 29.7 Å². The zero-order valence-corrected chi connectivity index (χ0v) is 12.6. The third-order valence-corrected chi connectivity index (χ3v) is 3.51. The topological polar surface area (TPSA) is 62.3 Å². The quantitative estimate of drug-likeness (QED) is 0.911. The van der Waals surface area contributed by atoms with Crippen LogP contribution in [0, 0.1) is 5.92 Å². The van der Waals surface area contributed by atoms with Gasteiger partial charge in [0, 0.05) is 24.7 Å². The highest BCUT2D eigenvalue weighted by Gasteiger charge is 2.39. The van der Waals surface area contributed by atoms with Gasteiger partial charge in [0.15, 0.2) is 0 Å². The third-order valence-electron chi connectivity index (χ3n) is 3.28. The number of nitrogens with zero attached hydrogens (tertiary/aromatic N) is 2. The Bertz CT molecular complexity index is 522. The van der Waals surface area contributed by atoms with Gasteiger partial charge in [-0.15, -0.1) is 0 Å². The summed E-state index contributed by atoms with van der Waals surface area (Å²) >= 11 is 5.74. The van der Waals surface area contributed by atoms with E-state index in [4.69, 9.17) is 11.6 Å². The van der Waals surface area contributed by atoms with Crippen LogP contribution in [0.25, 0.3) is 0 Å². The summed E-state index contributed by atoms with van der Waals surface area (Å²) in [6.45, 7) is 6.34. The lowest BCUT2D eigenvalue weighted by atomic mass is 10.1. The van der Waals surface area contributed by atoms with Gasteiger partial charge in [-0.25, -0.2) is 4.98 Å². The molecule has 1 saturated heterocycles. The van der Waals surface area contributed by atoms with Crippen LogP contribution in [0.1, 0.15) is 27.2 Å². The Balaban J connectivity index is 2.01. The fraction of sp³-hybridized carbons (Fsp3) is 0.500. The fourth-order valence-corrected chi connectivity index (χ4v) is 2.32. The first-order valence-corrected chi connectivity index (χ1v) is 6.88. The molecule has 1 aliphatic rings. The van der Waals surface area contributed by atoms with Crippen molar-refractivity contribution in [2.75, 3.05) is 11.9 Å². The zero-order valence-electron chi connectivity index (χ0n) is 11.8. The number of carbonyl (C=O) groups excluding carboxylic acids is 2. The van der Waals surface area contributed by atoms with Gasteiger partial charge in [-0.1, -0.05) is 11.6 Å². The van der Waals surface area contributed by atoms with Gasteiger partial charge in [0.2, 0.25) is 11.8 Å². The highest BCUT2D eigenvalue weighted by Crippen LogP contribution is 2.26. The number of pyridine rings is 1. The third kappa shape index (κ3) is 3.28. The Morgan fingerprint density at radius 1 is 1.45 bits per heavy atom. The molecule has 1 N–H and O–H groups in total. The molecule has 1 aromatic heterocycles. The molecule has 2 amide bonds. The molecule has 1 fully saturated rings. The van der Waals surface area contributed by atoms with Crippen molar-refractivity contribution in [1.29, 1.82) is 0 Å². The number of aromatic nitrogens is 1. The van der Waals surface area contributed by atoms with Crippen LogP contribution in [-0.4, -0.2) is 33.8 Å². The molecule has 0 radical (unpaired) electrons. The molecule has 0 saturated carbocycles. The molecule has 1 aromatic rings. The monoisotopic (exact) mass is 295 g/mol. The molecule has 2 rings (SSSR count). The lowest BCUT2D eigenvalue weighted by molar-refractivity contribution is -0.131. The van der Waals surface area contributed by atoms with Gasteiger partial charge >= 0.3 is 0 Å². The predicted molar refractivity (Wildman–Crippen MR) is 77.4 cm³/mol. The van der Waals surface area contributed by atoms with Crippen molar-refractivity contribution in [3.8, 4) is 0 Å². The number of nitrogens with one attached hydrogen (secondary N) is 1. The number of rotatable bonds is 2. The minimum Gasteiger partial charge on any atom is -0.337 e. The largest absolute Gasteiger partial charge is 0.337 e. The zero-order chi connectivity index (χ0) is 14.9. The molecule has 0 aliphatic carbocycles. The molecule has 0 spiro atoms. The van der Waals surface area contributed by atoms with Crippen LogP contribution in [0.15, 0.2) is 18.3 Å². The van der Waals surface area contributed by atoms with Crippen LogP contribution >= 0.6 is 11.6 Å². The van der Waals surface area contributed by atoms with Crippen molar-refractivity contribution >= 4 is 29.2 Å². The molecule has 0 bridgehead atoms. The number of carbonyl (C=O) groups is 2. The van der Waals surface area contributed by atoms with E-state index in [1.54, 1.807) is 17.0 Å². The lowest BCUT2D eigenvalue weighted by Crippen LogP contribution is -2.42. The predicted octanol–water partition coefficient (Wildman–Crippen LogP) is 2.32. The molecule has 1 atom stereocenters. The first kappa shape index (κ1) is 14.8. The fourth-order valence-electron chi connectivity index (χ4n) is 2.21. The van der Waals surface area contributed by atoms with Gasteiger partial charge in [0.05, 0.1) is 10.9 Å². The van der Waals surface area contributed by atoms with Crippen molar-refractivity contribution < 1.29 is 9.59 Å². The number of anilines is 1. The van der Waals surface area contributed by atoms with E-state index >= 15 is 0 Å². The number of hydrogen-bond donors (Lipinski definition) is 1. The summed E-state index contributed by atoms with van der Waals surface area (Å²) in [6.07, 6.45) is 1.72. The van der Waals surface area contributed by atoms with Crippen LogP contribution in [0.5, 0.6) is 0 Å². The van der Waals surface area contributed by atoms with E-state index in [0.29, 0.717) is 17.4 Å². The van der Waals surface area contributed by atoms with Crippen molar-refractivity contribution in [3.05, 3.63) is 23.4 Å². The first-order chi connectivity index (χ1) is 9.27. The summed E-state index contributed by atoms with van der Waals surface area (Å²) in [4.78, 5) is 29.9. The van der Waals surface area contributed by atoms with Gasteiger partial charge in [-0.3, -0.25) is 9.59 Å². The molecular formula is C14H18ClN3O2. The molecule has 20 heavy (non-hydrogen) atoms. The SMILES string of the molecule is CC(C)(C)N1CC(C(=O)Nc2ccc(Cl)cn2)CC1=O. The molecular weight excluding hydrogens is 278 g/mol. The molecule has 0 aromatic carbocycles. The minimum atomic E-state index is -0.334. The smallest absolute Gasteiger partial charge is 0.230 e. The number of halogens is 1. The van der Waals surface area contributed by atoms with Crippen molar-refractivity contribution in [2.24, 2.45) is 5.92 Å². The van der Waals surface area contributed by atoms with Crippen LogP contribution in [0.2, 0.25) is 5.02 Å². The average Bonchev–Trinajstić information content (AvgIpc) is 2.74. The number of hydrogen-bond acceptors (Lipinski definition) is 3. The average molecular weight is 296 g/mol. The Hall–Kier alpha value is -1.62. The minimum absolute atomic E-state index is 0.0155. The van der Waals surface area contributed by atoms with Gasteiger partial charge in [-0.2, -0.15) is 0 Å². The maximum atomic E-state index is 12.2. The highest BCUT2D eigenvalue weighted by molar-refractivity contribution is 6.30. The highest BCUT2D eigenvalue weighted by atomic mass is 35.5. The second-order valence-electron chi connectivity index (χ2n) is 5.93. The van der Waals surface area contributed by atoms with Crippen LogP contribution in [-0.2, 0) is 9.59 Å². The molecule has 1 aliphatic heterocycles. The first-order valence-electron chi connectivity index (χ1n) is 6.50. The van der Waals surface area contributed by atoms with E-state index in [1.807, 2.05) is 20.8 Å². The molecule has 108 valence electrons. The number of amides is 2. The summed E-state index contributed by atoms with van der Waals surface area (Å²) in [7, 11) is 0. The van der Waals surface area contributed by atoms with Gasteiger partial charge in [0.25, 0.3) is 0 Å². The van der Waals surface area contributed by atoms with E-state index in [9.17, 15) is 9.59 Å². The second kappa shape index (κ2) is 5.40. The summed E-state index contributed by atoms with van der Waals surface area (Å²) < 4.78 is 0. The van der Waals surface area contributed by atoms with Crippen molar-refractivity contribution in [3.63, 3.8) is 0 Å². The lowest BCUT2D eigenvalue weighted by Gasteiger charge is -2.31. The molecule has 6 heteroatoms. The van der Waals surface area contributed by atoms with Gasteiger partial charge in [0.1, 0.15) is 5.82 Å². The van der Waals surface area contributed by atoms with E-state index in [0.717, 1.165) is 0 Å². The van der Waals surface area contributed by atoms with Crippen molar-refractivity contribution in [2.45, 2.75) is 32.7 Å². The van der Waals surface area contributed by atoms with Crippen LogP contribution in [0.3, 0.4) is 0 Å². The van der Waals surface area contributed by atoms with Crippen molar-refractivity contribution in [1.82, 2.24) is 9.88 Å². The normalized spacial score (nSPS) is 19.3. The summed E-state index contributed by atoms with van der Waals surface area (Å²) in [5.41, 5.74) is -0.259. The molecule has 2 heterocycles. The van der Waals surface area contributed by atoms with E-state index < -0.39 is 0 Å². The standard InChI is InChI=1S/C14H18ClN3O2/c1-14(2,3)18-8-9(6-12(18)19)13(20)17-11-5-4-10(15)7-16-11/h4-5,7,9H,6,8H2,1-3H3,(H,16,17,20). The Labute approximate surface area is 123 Å². The van der Waals surface area contributed by atoms with Crippen LogP contribution < -0.4 is 5.32 Å². The molecule has 1 unspecified atom stereocenters. The Morgan fingerprint density at radius 3 is 2.65 bits per heavy atom.